The second kappa shape index (κ2) is 9.68. The van der Waals surface area contributed by atoms with E-state index in [2.05, 4.69) is 10.3 Å². The molecule has 5 rings (SSSR count). The van der Waals surface area contributed by atoms with Crippen LogP contribution in [0.25, 0.3) is 11.1 Å². The fraction of sp³-hybridized carbons (Fsp3) is 0.259. The standard InChI is InChI=1S/C27H25N3O5/c31-19-8-4-5-17(13-19)14-22(27(34)30-12-10-24-25(30)23(32)16-35-24)29-26(33)21-15-28-11-9-20(21)18-6-2-1-3-7-18/h1-9,11,13,15,22,24-25,31H,10,12,14,16H2,(H,29,33). The van der Waals surface area contributed by atoms with Crippen LogP contribution in [-0.4, -0.2) is 63.9 Å². The van der Waals surface area contributed by atoms with Crippen LogP contribution >= 0.6 is 0 Å². The topological polar surface area (TPSA) is 109 Å². The molecule has 8 heteroatoms. The molecule has 2 amide bonds. The maximum Gasteiger partial charge on any atom is 0.254 e. The molecular weight excluding hydrogens is 446 g/mol. The van der Waals surface area contributed by atoms with E-state index >= 15 is 0 Å². The molecule has 0 aliphatic carbocycles. The van der Waals surface area contributed by atoms with E-state index in [0.29, 0.717) is 29.7 Å². The van der Waals surface area contributed by atoms with E-state index in [1.165, 1.54) is 11.1 Å². The molecule has 8 nitrogen and oxygen atoms in total. The van der Waals surface area contributed by atoms with Gasteiger partial charge in [0, 0.05) is 25.4 Å². The number of amides is 2. The number of phenols is 1. The van der Waals surface area contributed by atoms with Crippen LogP contribution in [0.15, 0.2) is 73.1 Å². The van der Waals surface area contributed by atoms with Crippen molar-refractivity contribution in [2.45, 2.75) is 31.0 Å². The van der Waals surface area contributed by atoms with Gasteiger partial charge in [-0.3, -0.25) is 19.4 Å². The molecule has 2 N–H and O–H groups in total. The Morgan fingerprint density at radius 1 is 1.14 bits per heavy atom. The Morgan fingerprint density at radius 2 is 1.97 bits per heavy atom. The number of nitrogens with zero attached hydrogens (tertiary/aromatic N) is 2. The van der Waals surface area contributed by atoms with Crippen molar-refractivity contribution in [1.82, 2.24) is 15.2 Å². The number of aromatic nitrogens is 1. The number of carbonyl (C=O) groups excluding carboxylic acids is 3. The predicted octanol–water partition coefficient (Wildman–Crippen LogP) is 2.36. The third-order valence-electron chi connectivity index (χ3n) is 6.50. The SMILES string of the molecule is O=C(NC(Cc1cccc(O)c1)C(=O)N1CCC2OCC(=O)C21)c1cnccc1-c1ccccc1. The average Bonchev–Trinajstić information content (AvgIpc) is 3.46. The fourth-order valence-corrected chi connectivity index (χ4v) is 4.84. The largest absolute Gasteiger partial charge is 0.508 e. The van der Waals surface area contributed by atoms with Crippen LogP contribution in [0.5, 0.6) is 5.75 Å². The number of hydrogen-bond donors (Lipinski definition) is 2. The molecule has 3 heterocycles. The first-order valence-electron chi connectivity index (χ1n) is 11.5. The quantitative estimate of drug-likeness (QED) is 0.571. The van der Waals surface area contributed by atoms with Crippen LogP contribution < -0.4 is 5.32 Å². The number of phenolic OH excluding ortho intramolecular Hbond substituents is 1. The zero-order chi connectivity index (χ0) is 24.4. The van der Waals surface area contributed by atoms with Crippen molar-refractivity contribution in [3.8, 4) is 16.9 Å². The van der Waals surface area contributed by atoms with Gasteiger partial charge in [0.15, 0.2) is 5.78 Å². The van der Waals surface area contributed by atoms with E-state index in [-0.39, 0.29) is 36.6 Å². The Balaban J connectivity index is 1.44. The lowest BCUT2D eigenvalue weighted by Crippen LogP contribution is -2.53. The lowest BCUT2D eigenvalue weighted by atomic mass is 9.99. The molecule has 1 aromatic heterocycles. The molecule has 2 aliphatic heterocycles. The van der Waals surface area contributed by atoms with Crippen LogP contribution in [0.3, 0.4) is 0 Å². The minimum Gasteiger partial charge on any atom is -0.508 e. The van der Waals surface area contributed by atoms with E-state index in [9.17, 15) is 19.5 Å². The number of hydrogen-bond acceptors (Lipinski definition) is 6. The van der Waals surface area contributed by atoms with Crippen LogP contribution in [0.1, 0.15) is 22.3 Å². The second-order valence-electron chi connectivity index (χ2n) is 8.77. The van der Waals surface area contributed by atoms with Crippen molar-refractivity contribution in [3.05, 3.63) is 84.2 Å². The summed E-state index contributed by atoms with van der Waals surface area (Å²) in [6, 6.07) is 16.2. The number of ether oxygens (including phenoxy) is 1. The zero-order valence-electron chi connectivity index (χ0n) is 19.0. The van der Waals surface area contributed by atoms with Crippen LogP contribution in [0, 0.1) is 0 Å². The molecule has 3 atom stereocenters. The average molecular weight is 472 g/mol. The van der Waals surface area contributed by atoms with Gasteiger partial charge >= 0.3 is 0 Å². The van der Waals surface area contributed by atoms with Gasteiger partial charge in [-0.25, -0.2) is 0 Å². The molecule has 0 spiro atoms. The van der Waals surface area contributed by atoms with Crippen molar-refractivity contribution in [1.29, 1.82) is 0 Å². The molecule has 3 unspecified atom stereocenters. The molecule has 0 saturated carbocycles. The molecule has 2 fully saturated rings. The monoisotopic (exact) mass is 471 g/mol. The summed E-state index contributed by atoms with van der Waals surface area (Å²) < 4.78 is 5.53. The highest BCUT2D eigenvalue weighted by molar-refractivity contribution is 6.03. The third-order valence-corrected chi connectivity index (χ3v) is 6.50. The minimum absolute atomic E-state index is 0.00117. The van der Waals surface area contributed by atoms with Gasteiger partial charge in [0.2, 0.25) is 5.91 Å². The number of likely N-dealkylation sites (tertiary alicyclic amines) is 1. The maximum absolute atomic E-state index is 13.7. The van der Waals surface area contributed by atoms with Gasteiger partial charge in [0.25, 0.3) is 5.91 Å². The number of fused-ring (bicyclic) bond motifs is 1. The van der Waals surface area contributed by atoms with E-state index < -0.39 is 18.0 Å². The predicted molar refractivity (Wildman–Crippen MR) is 128 cm³/mol. The summed E-state index contributed by atoms with van der Waals surface area (Å²) in [6.45, 7) is 0.382. The van der Waals surface area contributed by atoms with Gasteiger partial charge in [0.1, 0.15) is 24.4 Å². The molecule has 2 saturated heterocycles. The van der Waals surface area contributed by atoms with Crippen LogP contribution in [0.2, 0.25) is 0 Å². The number of Topliss-reactive ketones (excluding diaryl/α,β-unsaturated/α-hetero) is 1. The Labute approximate surface area is 202 Å². The summed E-state index contributed by atoms with van der Waals surface area (Å²) in [5, 5.41) is 12.8. The number of benzene rings is 2. The first-order chi connectivity index (χ1) is 17.0. The summed E-state index contributed by atoms with van der Waals surface area (Å²) in [4.78, 5) is 45.2. The molecular formula is C27H25N3O5. The third kappa shape index (κ3) is 4.65. The lowest BCUT2D eigenvalue weighted by molar-refractivity contribution is -0.138. The molecule has 2 aromatic carbocycles. The van der Waals surface area contributed by atoms with Crippen molar-refractivity contribution in [2.75, 3.05) is 13.2 Å². The number of nitrogens with one attached hydrogen (secondary N) is 1. The van der Waals surface area contributed by atoms with Crippen molar-refractivity contribution >= 4 is 17.6 Å². The first kappa shape index (κ1) is 22.7. The zero-order valence-corrected chi connectivity index (χ0v) is 19.0. The molecule has 35 heavy (non-hydrogen) atoms. The van der Waals surface area contributed by atoms with Crippen molar-refractivity contribution in [2.24, 2.45) is 0 Å². The van der Waals surface area contributed by atoms with Gasteiger partial charge < -0.3 is 20.1 Å². The Hall–Kier alpha value is -4.04. The highest BCUT2D eigenvalue weighted by atomic mass is 16.5. The van der Waals surface area contributed by atoms with E-state index in [0.717, 1.165) is 5.56 Å². The Morgan fingerprint density at radius 3 is 2.77 bits per heavy atom. The Kier molecular flexibility index (Phi) is 6.29. The molecule has 2 aliphatic rings. The van der Waals surface area contributed by atoms with Crippen LogP contribution in [-0.2, 0) is 20.7 Å². The van der Waals surface area contributed by atoms with Gasteiger partial charge in [-0.05, 0) is 41.3 Å². The Bertz CT molecular complexity index is 1260. The van der Waals surface area contributed by atoms with Crippen LogP contribution in [0.4, 0.5) is 0 Å². The number of aromatic hydroxyl groups is 1. The number of pyridine rings is 1. The van der Waals surface area contributed by atoms with Crippen molar-refractivity contribution < 1.29 is 24.2 Å². The lowest BCUT2D eigenvalue weighted by Gasteiger charge is -2.28. The summed E-state index contributed by atoms with van der Waals surface area (Å²) in [5.41, 5.74) is 2.57. The number of carbonyl (C=O) groups is 3. The summed E-state index contributed by atoms with van der Waals surface area (Å²) >= 11 is 0. The molecule has 0 bridgehead atoms. The van der Waals surface area contributed by atoms with E-state index in [4.69, 9.17) is 4.74 Å². The minimum atomic E-state index is -0.944. The summed E-state index contributed by atoms with van der Waals surface area (Å²) in [7, 11) is 0. The number of rotatable bonds is 6. The molecule has 178 valence electrons. The molecule has 3 aromatic rings. The van der Waals surface area contributed by atoms with E-state index in [1.807, 2.05) is 30.3 Å². The van der Waals surface area contributed by atoms with Crippen molar-refractivity contribution in [3.63, 3.8) is 0 Å². The van der Waals surface area contributed by atoms with Gasteiger partial charge in [-0.15, -0.1) is 0 Å². The fourth-order valence-electron chi connectivity index (χ4n) is 4.84. The normalized spacial score (nSPS) is 19.9. The number of ketones is 1. The first-order valence-corrected chi connectivity index (χ1v) is 11.5. The smallest absolute Gasteiger partial charge is 0.254 e. The summed E-state index contributed by atoms with van der Waals surface area (Å²) in [5.74, 6) is -0.848. The molecule has 0 radical (unpaired) electrons. The summed E-state index contributed by atoms with van der Waals surface area (Å²) in [6.07, 6.45) is 3.53. The highest BCUT2D eigenvalue weighted by Gasteiger charge is 2.48. The van der Waals surface area contributed by atoms with E-state index in [1.54, 1.807) is 36.5 Å². The maximum atomic E-state index is 13.7. The highest BCUT2D eigenvalue weighted by Crippen LogP contribution is 2.28. The van der Waals surface area contributed by atoms with Gasteiger partial charge in [-0.2, -0.15) is 0 Å². The second-order valence-corrected chi connectivity index (χ2v) is 8.77. The van der Waals surface area contributed by atoms with Gasteiger partial charge in [-0.1, -0.05) is 42.5 Å². The van der Waals surface area contributed by atoms with Gasteiger partial charge in [0.05, 0.1) is 11.7 Å².